The highest BCUT2D eigenvalue weighted by atomic mass is 32.2. The summed E-state index contributed by atoms with van der Waals surface area (Å²) in [6.07, 6.45) is 0. The second-order valence-electron chi connectivity index (χ2n) is 4.08. The quantitative estimate of drug-likeness (QED) is 0.715. The lowest BCUT2D eigenvalue weighted by atomic mass is 10.3. The number of nitrogen functional groups attached to an aromatic ring is 1. The van der Waals surface area contributed by atoms with Gasteiger partial charge in [0, 0.05) is 33.0 Å². The molecule has 0 atom stereocenters. The minimum Gasteiger partial charge on any atom is -0.399 e. The maximum atomic E-state index is 13.8. The molecule has 1 aromatic rings. The number of nitrogens with two attached hydrogens (primary N) is 1. The predicted octanol–water partition coefficient (Wildman–Crippen LogP) is 0.691. The molecule has 0 bridgehead atoms. The number of hydrogen-bond acceptors (Lipinski definition) is 5. The van der Waals surface area contributed by atoms with Crippen LogP contribution in [0.3, 0.4) is 0 Å². The molecule has 0 amide bonds. The Hall–Kier alpha value is -1.22. The van der Waals surface area contributed by atoms with E-state index < -0.39 is 20.7 Å². The van der Waals surface area contributed by atoms with E-state index in [1.807, 2.05) is 0 Å². The van der Waals surface area contributed by atoms with E-state index in [1.165, 1.54) is 20.3 Å². The lowest BCUT2D eigenvalue weighted by molar-refractivity contribution is 0.150. The molecular formula is C12H19FN2O4S. The number of rotatable bonds is 8. The van der Waals surface area contributed by atoms with Gasteiger partial charge < -0.3 is 15.2 Å². The van der Waals surface area contributed by atoms with Gasteiger partial charge in [0.2, 0.25) is 10.0 Å². The van der Waals surface area contributed by atoms with Crippen LogP contribution in [0.5, 0.6) is 0 Å². The predicted molar refractivity (Wildman–Crippen MR) is 73.3 cm³/mol. The van der Waals surface area contributed by atoms with Crippen molar-refractivity contribution >= 4 is 15.7 Å². The summed E-state index contributed by atoms with van der Waals surface area (Å²) in [7, 11) is -1.02. The third kappa shape index (κ3) is 4.14. The van der Waals surface area contributed by atoms with Crippen molar-refractivity contribution in [1.82, 2.24) is 4.31 Å². The highest BCUT2D eigenvalue weighted by Gasteiger charge is 2.27. The van der Waals surface area contributed by atoms with Crippen LogP contribution < -0.4 is 5.73 Å². The molecule has 0 aliphatic rings. The van der Waals surface area contributed by atoms with E-state index in [1.54, 1.807) is 0 Å². The van der Waals surface area contributed by atoms with Gasteiger partial charge in [-0.2, -0.15) is 4.31 Å². The molecule has 0 aliphatic heterocycles. The number of ether oxygens (including phenoxy) is 2. The summed E-state index contributed by atoms with van der Waals surface area (Å²) in [5, 5.41) is 0. The first-order valence-corrected chi connectivity index (χ1v) is 7.40. The Balaban J connectivity index is 3.07. The summed E-state index contributed by atoms with van der Waals surface area (Å²) >= 11 is 0. The van der Waals surface area contributed by atoms with E-state index in [9.17, 15) is 12.8 Å². The van der Waals surface area contributed by atoms with Crippen LogP contribution in [0.4, 0.5) is 10.1 Å². The minimum absolute atomic E-state index is 0.117. The Morgan fingerprint density at radius 2 is 1.75 bits per heavy atom. The van der Waals surface area contributed by atoms with Crippen LogP contribution in [0.1, 0.15) is 0 Å². The van der Waals surface area contributed by atoms with Crippen molar-refractivity contribution in [1.29, 1.82) is 0 Å². The van der Waals surface area contributed by atoms with Crippen molar-refractivity contribution in [3.8, 4) is 0 Å². The largest absolute Gasteiger partial charge is 0.399 e. The van der Waals surface area contributed by atoms with Crippen molar-refractivity contribution in [2.24, 2.45) is 0 Å². The number of methoxy groups -OCH3 is 2. The van der Waals surface area contributed by atoms with E-state index in [2.05, 4.69) is 0 Å². The topological polar surface area (TPSA) is 81.9 Å². The molecule has 1 rings (SSSR count). The first-order chi connectivity index (χ1) is 9.43. The van der Waals surface area contributed by atoms with E-state index in [0.717, 1.165) is 16.4 Å². The summed E-state index contributed by atoms with van der Waals surface area (Å²) in [5.74, 6) is -0.871. The maximum absolute atomic E-state index is 13.8. The van der Waals surface area contributed by atoms with Gasteiger partial charge in [0.25, 0.3) is 0 Å². The summed E-state index contributed by atoms with van der Waals surface area (Å²) in [5.41, 5.74) is 5.59. The zero-order valence-corrected chi connectivity index (χ0v) is 12.3. The van der Waals surface area contributed by atoms with Crippen LogP contribution in [0, 0.1) is 5.82 Å². The van der Waals surface area contributed by atoms with Gasteiger partial charge in [-0.15, -0.1) is 0 Å². The Kier molecular flexibility index (Phi) is 6.34. The molecule has 114 valence electrons. The van der Waals surface area contributed by atoms with Crippen LogP contribution in [0.25, 0.3) is 0 Å². The third-order valence-electron chi connectivity index (χ3n) is 2.66. The average Bonchev–Trinajstić information content (AvgIpc) is 2.38. The normalized spacial score (nSPS) is 12.0. The van der Waals surface area contributed by atoms with Gasteiger partial charge in [-0.3, -0.25) is 0 Å². The lowest BCUT2D eigenvalue weighted by Gasteiger charge is -2.21. The first-order valence-electron chi connectivity index (χ1n) is 5.96. The summed E-state index contributed by atoms with van der Waals surface area (Å²) in [6, 6.07) is 3.49. The number of hydrogen-bond donors (Lipinski definition) is 1. The molecule has 0 unspecified atom stereocenters. The van der Waals surface area contributed by atoms with Crippen LogP contribution >= 0.6 is 0 Å². The van der Waals surface area contributed by atoms with Crippen LogP contribution in [-0.4, -0.2) is 53.2 Å². The minimum atomic E-state index is -3.95. The van der Waals surface area contributed by atoms with E-state index >= 15 is 0 Å². The standard InChI is InChI=1S/C12H19FN2O4S/c1-18-7-5-15(6-8-19-2)20(16,17)12-4-3-10(14)9-11(12)13/h3-4,9H,5-8,14H2,1-2H3. The van der Waals surface area contributed by atoms with Crippen LogP contribution in [0.2, 0.25) is 0 Å². The van der Waals surface area contributed by atoms with Crippen molar-refractivity contribution in [2.45, 2.75) is 4.90 Å². The molecule has 2 N–H and O–H groups in total. The van der Waals surface area contributed by atoms with Crippen LogP contribution in [-0.2, 0) is 19.5 Å². The fourth-order valence-corrected chi connectivity index (χ4v) is 3.06. The van der Waals surface area contributed by atoms with Crippen molar-refractivity contribution < 1.29 is 22.3 Å². The summed E-state index contributed by atoms with van der Waals surface area (Å²) in [6.45, 7) is 0.650. The number of sulfonamides is 1. The Labute approximate surface area is 118 Å². The van der Waals surface area contributed by atoms with Gasteiger partial charge in [0.1, 0.15) is 10.7 Å². The van der Waals surface area contributed by atoms with Gasteiger partial charge >= 0.3 is 0 Å². The smallest absolute Gasteiger partial charge is 0.246 e. The molecule has 0 aromatic heterocycles. The second kappa shape index (κ2) is 7.53. The lowest BCUT2D eigenvalue weighted by Crippen LogP contribution is -2.36. The molecule has 0 aliphatic carbocycles. The molecule has 8 heteroatoms. The Bertz CT molecular complexity index is 528. The van der Waals surface area contributed by atoms with Gasteiger partial charge in [-0.05, 0) is 18.2 Å². The van der Waals surface area contributed by atoms with Crippen molar-refractivity contribution in [3.05, 3.63) is 24.0 Å². The number of nitrogens with zero attached hydrogens (tertiary/aromatic N) is 1. The zero-order valence-electron chi connectivity index (χ0n) is 11.5. The molecule has 0 saturated carbocycles. The number of halogens is 1. The summed E-state index contributed by atoms with van der Waals surface area (Å²) in [4.78, 5) is -0.404. The third-order valence-corrected chi connectivity index (χ3v) is 4.60. The van der Waals surface area contributed by atoms with Crippen molar-refractivity contribution in [3.63, 3.8) is 0 Å². The van der Waals surface area contributed by atoms with Gasteiger partial charge in [0.05, 0.1) is 13.2 Å². The average molecular weight is 306 g/mol. The fraction of sp³-hybridized carbons (Fsp3) is 0.500. The Morgan fingerprint density at radius 3 is 2.20 bits per heavy atom. The molecule has 20 heavy (non-hydrogen) atoms. The monoisotopic (exact) mass is 306 g/mol. The highest BCUT2D eigenvalue weighted by molar-refractivity contribution is 7.89. The fourth-order valence-electron chi connectivity index (χ4n) is 1.60. The van der Waals surface area contributed by atoms with E-state index in [0.29, 0.717) is 0 Å². The molecule has 1 aromatic carbocycles. The maximum Gasteiger partial charge on any atom is 0.246 e. The van der Waals surface area contributed by atoms with E-state index in [4.69, 9.17) is 15.2 Å². The molecule has 0 fully saturated rings. The summed E-state index contributed by atoms with van der Waals surface area (Å²) < 4.78 is 49.5. The Morgan fingerprint density at radius 1 is 1.20 bits per heavy atom. The molecule has 0 spiro atoms. The number of anilines is 1. The zero-order chi connectivity index (χ0) is 15.2. The molecule has 6 nitrogen and oxygen atoms in total. The highest BCUT2D eigenvalue weighted by Crippen LogP contribution is 2.21. The first kappa shape index (κ1) is 16.8. The van der Waals surface area contributed by atoms with E-state index in [-0.39, 0.29) is 32.0 Å². The molecule has 0 saturated heterocycles. The number of benzene rings is 1. The second-order valence-corrected chi connectivity index (χ2v) is 5.99. The van der Waals surface area contributed by atoms with Crippen LogP contribution in [0.15, 0.2) is 23.1 Å². The molecule has 0 radical (unpaired) electrons. The van der Waals surface area contributed by atoms with Gasteiger partial charge in [0.15, 0.2) is 0 Å². The molecular weight excluding hydrogens is 287 g/mol. The van der Waals surface area contributed by atoms with Crippen molar-refractivity contribution in [2.75, 3.05) is 46.3 Å². The van der Waals surface area contributed by atoms with Gasteiger partial charge in [-0.25, -0.2) is 12.8 Å². The SMILES string of the molecule is COCCN(CCOC)S(=O)(=O)c1ccc(N)cc1F. The molecule has 0 heterocycles. The van der Waals surface area contributed by atoms with Gasteiger partial charge in [-0.1, -0.05) is 0 Å².